The van der Waals surface area contributed by atoms with Gasteiger partial charge in [-0.25, -0.2) is 0 Å². The topological polar surface area (TPSA) is 23.5 Å². The highest BCUT2D eigenvalue weighted by atomic mass is 19.4. The number of aliphatic hydroxyl groups excluding tert-OH is 1. The molecule has 1 N–H and O–H groups in total. The van der Waals surface area contributed by atoms with Crippen molar-refractivity contribution in [3.63, 3.8) is 0 Å². The molecule has 1 heterocycles. The lowest BCUT2D eigenvalue weighted by molar-refractivity contribution is -0.187. The van der Waals surface area contributed by atoms with E-state index in [-0.39, 0.29) is 18.9 Å². The smallest absolute Gasteiger partial charge is 0.387 e. The standard InChI is InChI=1S/C16H22F3NO/c1-2-14(15(21)12-6-4-3-5-7-12)20-10-8-13(9-11-20)16(17,18)19/h3-7,13-15,21H,2,8-11H2,1H3. The molecule has 1 aromatic rings. The van der Waals surface area contributed by atoms with E-state index in [0.29, 0.717) is 19.5 Å². The number of rotatable bonds is 4. The summed E-state index contributed by atoms with van der Waals surface area (Å²) in [6, 6.07) is 9.20. The van der Waals surface area contributed by atoms with Crippen LogP contribution in [-0.2, 0) is 0 Å². The molecule has 1 fully saturated rings. The van der Waals surface area contributed by atoms with Gasteiger partial charge < -0.3 is 5.11 Å². The van der Waals surface area contributed by atoms with Gasteiger partial charge in [-0.3, -0.25) is 4.90 Å². The molecule has 1 aromatic carbocycles. The predicted octanol–water partition coefficient (Wildman–Crippen LogP) is 3.77. The number of piperidine rings is 1. The second kappa shape index (κ2) is 6.79. The Morgan fingerprint density at radius 2 is 1.76 bits per heavy atom. The van der Waals surface area contributed by atoms with E-state index in [4.69, 9.17) is 0 Å². The molecule has 21 heavy (non-hydrogen) atoms. The van der Waals surface area contributed by atoms with Crippen molar-refractivity contribution in [2.75, 3.05) is 13.1 Å². The molecule has 1 saturated heterocycles. The van der Waals surface area contributed by atoms with Gasteiger partial charge in [0.05, 0.1) is 12.0 Å². The Hall–Kier alpha value is -1.07. The second-order valence-electron chi connectivity index (χ2n) is 5.68. The van der Waals surface area contributed by atoms with Crippen LogP contribution in [0.2, 0.25) is 0 Å². The quantitative estimate of drug-likeness (QED) is 0.915. The van der Waals surface area contributed by atoms with Gasteiger partial charge >= 0.3 is 6.18 Å². The van der Waals surface area contributed by atoms with Gasteiger partial charge in [0, 0.05) is 6.04 Å². The Labute approximate surface area is 123 Å². The summed E-state index contributed by atoms with van der Waals surface area (Å²) in [5.41, 5.74) is 0.822. The predicted molar refractivity (Wildman–Crippen MR) is 75.8 cm³/mol. The second-order valence-corrected chi connectivity index (χ2v) is 5.68. The molecule has 2 unspecified atom stereocenters. The zero-order chi connectivity index (χ0) is 15.5. The molecule has 0 aromatic heterocycles. The Kier molecular flexibility index (Phi) is 5.27. The largest absolute Gasteiger partial charge is 0.391 e. The number of hydrogen-bond acceptors (Lipinski definition) is 2. The summed E-state index contributed by atoms with van der Waals surface area (Å²) >= 11 is 0. The van der Waals surface area contributed by atoms with Gasteiger partial charge in [0.25, 0.3) is 0 Å². The van der Waals surface area contributed by atoms with E-state index in [1.807, 2.05) is 42.2 Å². The van der Waals surface area contributed by atoms with Crippen molar-refractivity contribution in [3.05, 3.63) is 35.9 Å². The van der Waals surface area contributed by atoms with Crippen LogP contribution in [0.25, 0.3) is 0 Å². The maximum Gasteiger partial charge on any atom is 0.391 e. The van der Waals surface area contributed by atoms with Crippen molar-refractivity contribution in [1.82, 2.24) is 4.90 Å². The van der Waals surface area contributed by atoms with E-state index in [1.54, 1.807) is 0 Å². The average molecular weight is 301 g/mol. The Bertz CT molecular complexity index is 427. The van der Waals surface area contributed by atoms with E-state index in [1.165, 1.54) is 0 Å². The number of benzene rings is 1. The van der Waals surface area contributed by atoms with Crippen LogP contribution in [0.15, 0.2) is 30.3 Å². The molecule has 1 aliphatic heterocycles. The first-order valence-electron chi connectivity index (χ1n) is 7.47. The van der Waals surface area contributed by atoms with Crippen molar-refractivity contribution in [2.24, 2.45) is 5.92 Å². The minimum Gasteiger partial charge on any atom is -0.387 e. The maximum absolute atomic E-state index is 12.7. The summed E-state index contributed by atoms with van der Waals surface area (Å²) in [5, 5.41) is 10.5. The summed E-state index contributed by atoms with van der Waals surface area (Å²) in [5.74, 6) is -1.19. The third-order valence-corrected chi connectivity index (χ3v) is 4.39. The van der Waals surface area contributed by atoms with Crippen LogP contribution < -0.4 is 0 Å². The molecular formula is C16H22F3NO. The fraction of sp³-hybridized carbons (Fsp3) is 0.625. The third kappa shape index (κ3) is 3.98. The van der Waals surface area contributed by atoms with Crippen molar-refractivity contribution in [3.8, 4) is 0 Å². The van der Waals surface area contributed by atoms with Gasteiger partial charge in [-0.15, -0.1) is 0 Å². The summed E-state index contributed by atoms with van der Waals surface area (Å²) in [6.45, 7) is 2.76. The van der Waals surface area contributed by atoms with E-state index in [9.17, 15) is 18.3 Å². The van der Waals surface area contributed by atoms with Crippen LogP contribution >= 0.6 is 0 Å². The third-order valence-electron chi connectivity index (χ3n) is 4.39. The number of nitrogens with zero attached hydrogens (tertiary/aromatic N) is 1. The summed E-state index contributed by atoms with van der Waals surface area (Å²) < 4.78 is 38.1. The highest BCUT2D eigenvalue weighted by Gasteiger charge is 2.42. The molecular weight excluding hydrogens is 279 g/mol. The molecule has 2 nitrogen and oxygen atoms in total. The summed E-state index contributed by atoms with van der Waals surface area (Å²) in [4.78, 5) is 2.00. The highest BCUT2D eigenvalue weighted by molar-refractivity contribution is 5.19. The molecule has 118 valence electrons. The number of halogens is 3. The van der Waals surface area contributed by atoms with Crippen molar-refractivity contribution < 1.29 is 18.3 Å². The van der Waals surface area contributed by atoms with E-state index < -0.39 is 18.2 Å². The lowest BCUT2D eigenvalue weighted by Crippen LogP contribution is -2.46. The van der Waals surface area contributed by atoms with Crippen LogP contribution in [0, 0.1) is 5.92 Å². The van der Waals surface area contributed by atoms with Gasteiger partial charge in [0.15, 0.2) is 0 Å². The van der Waals surface area contributed by atoms with E-state index in [0.717, 1.165) is 5.56 Å². The molecule has 0 aliphatic carbocycles. The molecule has 1 aliphatic rings. The van der Waals surface area contributed by atoms with Crippen LogP contribution in [-0.4, -0.2) is 35.3 Å². The number of alkyl halides is 3. The fourth-order valence-electron chi connectivity index (χ4n) is 3.11. The zero-order valence-corrected chi connectivity index (χ0v) is 12.2. The Morgan fingerprint density at radius 1 is 1.19 bits per heavy atom. The number of likely N-dealkylation sites (tertiary alicyclic amines) is 1. The molecule has 5 heteroatoms. The fourth-order valence-corrected chi connectivity index (χ4v) is 3.11. The van der Waals surface area contributed by atoms with Crippen molar-refractivity contribution in [1.29, 1.82) is 0 Å². The normalized spacial score (nSPS) is 21.2. The molecule has 2 atom stereocenters. The summed E-state index contributed by atoms with van der Waals surface area (Å²) in [7, 11) is 0. The zero-order valence-electron chi connectivity index (χ0n) is 12.2. The van der Waals surface area contributed by atoms with Crippen molar-refractivity contribution >= 4 is 0 Å². The van der Waals surface area contributed by atoms with Gasteiger partial charge in [-0.2, -0.15) is 13.2 Å². The minimum absolute atomic E-state index is 0.124. The SMILES string of the molecule is CCC(C(O)c1ccccc1)N1CCC(C(F)(F)F)CC1. The van der Waals surface area contributed by atoms with Gasteiger partial charge in [-0.05, 0) is 37.9 Å². The molecule has 0 amide bonds. The van der Waals surface area contributed by atoms with Crippen LogP contribution in [0.1, 0.15) is 37.9 Å². The number of hydrogen-bond donors (Lipinski definition) is 1. The first-order valence-corrected chi connectivity index (χ1v) is 7.47. The average Bonchev–Trinajstić information content (AvgIpc) is 2.48. The highest BCUT2D eigenvalue weighted by Crippen LogP contribution is 2.36. The summed E-state index contributed by atoms with van der Waals surface area (Å²) in [6.07, 6.45) is -3.78. The molecule has 0 bridgehead atoms. The minimum atomic E-state index is -4.09. The van der Waals surface area contributed by atoms with E-state index in [2.05, 4.69) is 0 Å². The van der Waals surface area contributed by atoms with Crippen LogP contribution in [0.5, 0.6) is 0 Å². The lowest BCUT2D eigenvalue weighted by Gasteiger charge is -2.39. The van der Waals surface area contributed by atoms with Gasteiger partial charge in [-0.1, -0.05) is 37.3 Å². The molecule has 0 spiro atoms. The molecule has 0 saturated carbocycles. The Morgan fingerprint density at radius 3 is 2.24 bits per heavy atom. The maximum atomic E-state index is 12.7. The van der Waals surface area contributed by atoms with Gasteiger partial charge in [0.1, 0.15) is 0 Å². The van der Waals surface area contributed by atoms with Crippen LogP contribution in [0.4, 0.5) is 13.2 Å². The number of aliphatic hydroxyl groups is 1. The van der Waals surface area contributed by atoms with Crippen molar-refractivity contribution in [2.45, 2.75) is 44.5 Å². The molecule has 0 radical (unpaired) electrons. The van der Waals surface area contributed by atoms with E-state index >= 15 is 0 Å². The first kappa shape index (κ1) is 16.3. The lowest BCUT2D eigenvalue weighted by atomic mass is 9.92. The first-order chi connectivity index (χ1) is 9.93. The molecule has 2 rings (SSSR count). The Balaban J connectivity index is 2.00. The monoisotopic (exact) mass is 301 g/mol. The van der Waals surface area contributed by atoms with Gasteiger partial charge in [0.2, 0.25) is 0 Å². The van der Waals surface area contributed by atoms with Crippen LogP contribution in [0.3, 0.4) is 0 Å².